The minimum atomic E-state index is 0.106. The Kier molecular flexibility index (Phi) is 2.82. The molecule has 0 unspecified atom stereocenters. The molecule has 4 heteroatoms. The molecule has 14 heavy (non-hydrogen) atoms. The SMILES string of the molecule is NC1(CCc2cc(Cl)ncc2Br)CC1. The smallest absolute Gasteiger partial charge is 0.129 e. The molecule has 0 radical (unpaired) electrons. The normalized spacial score (nSPS) is 18.2. The van der Waals surface area contributed by atoms with Crippen LogP contribution in [-0.4, -0.2) is 10.5 Å². The van der Waals surface area contributed by atoms with Gasteiger partial charge in [0, 0.05) is 16.2 Å². The average Bonchev–Trinajstić information content (AvgIpc) is 2.87. The minimum Gasteiger partial charge on any atom is -0.325 e. The third kappa shape index (κ3) is 2.47. The fourth-order valence-electron chi connectivity index (χ4n) is 1.44. The fraction of sp³-hybridized carbons (Fsp3) is 0.500. The van der Waals surface area contributed by atoms with Gasteiger partial charge in [0.25, 0.3) is 0 Å². The van der Waals surface area contributed by atoms with E-state index in [1.165, 1.54) is 5.56 Å². The van der Waals surface area contributed by atoms with Crippen molar-refractivity contribution in [3.8, 4) is 0 Å². The van der Waals surface area contributed by atoms with Crippen LogP contribution in [-0.2, 0) is 6.42 Å². The Morgan fingerprint density at radius 3 is 2.93 bits per heavy atom. The van der Waals surface area contributed by atoms with Crippen molar-refractivity contribution in [3.63, 3.8) is 0 Å². The van der Waals surface area contributed by atoms with Crippen LogP contribution in [0.4, 0.5) is 0 Å². The summed E-state index contributed by atoms with van der Waals surface area (Å²) in [5, 5.41) is 0.546. The molecule has 1 heterocycles. The molecule has 1 aromatic rings. The van der Waals surface area contributed by atoms with Gasteiger partial charge in [-0.05, 0) is 53.2 Å². The van der Waals surface area contributed by atoms with Gasteiger partial charge in [0.2, 0.25) is 0 Å². The molecule has 1 aliphatic rings. The molecule has 1 aromatic heterocycles. The van der Waals surface area contributed by atoms with Gasteiger partial charge in [0.1, 0.15) is 5.15 Å². The Balaban J connectivity index is 2.04. The van der Waals surface area contributed by atoms with E-state index in [1.54, 1.807) is 6.20 Å². The van der Waals surface area contributed by atoms with E-state index in [4.69, 9.17) is 17.3 Å². The predicted octanol–water partition coefficient (Wildman–Crippen LogP) is 2.92. The zero-order valence-corrected chi connectivity index (χ0v) is 10.1. The number of hydrogen-bond acceptors (Lipinski definition) is 2. The summed E-state index contributed by atoms with van der Waals surface area (Å²) < 4.78 is 1.02. The first-order valence-electron chi connectivity index (χ1n) is 4.68. The van der Waals surface area contributed by atoms with Crippen LogP contribution in [0.25, 0.3) is 0 Å². The number of nitrogens with two attached hydrogens (primary N) is 1. The van der Waals surface area contributed by atoms with Gasteiger partial charge in [0.15, 0.2) is 0 Å². The molecule has 0 aromatic carbocycles. The maximum atomic E-state index is 6.02. The monoisotopic (exact) mass is 274 g/mol. The zero-order valence-electron chi connectivity index (χ0n) is 7.76. The van der Waals surface area contributed by atoms with Gasteiger partial charge < -0.3 is 5.73 Å². The summed E-state index contributed by atoms with van der Waals surface area (Å²) in [5.74, 6) is 0. The fourth-order valence-corrected chi connectivity index (χ4v) is 2.03. The van der Waals surface area contributed by atoms with Crippen LogP contribution >= 0.6 is 27.5 Å². The van der Waals surface area contributed by atoms with Crippen LogP contribution in [0.1, 0.15) is 24.8 Å². The third-order valence-electron chi connectivity index (χ3n) is 2.69. The van der Waals surface area contributed by atoms with E-state index < -0.39 is 0 Å². The number of hydrogen-bond donors (Lipinski definition) is 1. The van der Waals surface area contributed by atoms with Gasteiger partial charge in [-0.3, -0.25) is 0 Å². The first-order valence-corrected chi connectivity index (χ1v) is 5.85. The highest BCUT2D eigenvalue weighted by molar-refractivity contribution is 9.10. The van der Waals surface area contributed by atoms with Crippen molar-refractivity contribution in [1.82, 2.24) is 4.98 Å². The van der Waals surface area contributed by atoms with E-state index in [0.29, 0.717) is 5.15 Å². The number of aromatic nitrogens is 1. The molecule has 0 spiro atoms. The summed E-state index contributed by atoms with van der Waals surface area (Å²) in [6.07, 6.45) is 6.06. The van der Waals surface area contributed by atoms with Crippen LogP contribution in [0.5, 0.6) is 0 Å². The van der Waals surface area contributed by atoms with Crippen molar-refractivity contribution >= 4 is 27.5 Å². The van der Waals surface area contributed by atoms with E-state index in [0.717, 1.165) is 30.2 Å². The summed E-state index contributed by atoms with van der Waals surface area (Å²) in [7, 11) is 0. The van der Waals surface area contributed by atoms with E-state index in [1.807, 2.05) is 6.07 Å². The Labute approximate surface area is 97.0 Å². The molecule has 0 bridgehead atoms. The standard InChI is InChI=1S/C10H12BrClN2/c11-8-6-14-9(12)5-7(8)1-2-10(13)3-4-10/h5-6H,1-4,13H2. The number of halogens is 2. The maximum absolute atomic E-state index is 6.02. The van der Waals surface area contributed by atoms with Gasteiger partial charge in [-0.1, -0.05) is 11.6 Å². The predicted molar refractivity (Wildman–Crippen MR) is 61.4 cm³/mol. The third-order valence-corrected chi connectivity index (χ3v) is 3.61. The molecule has 2 rings (SSSR count). The summed E-state index contributed by atoms with van der Waals surface area (Å²) in [6.45, 7) is 0. The molecule has 0 aliphatic heterocycles. The highest BCUT2D eigenvalue weighted by Crippen LogP contribution is 2.37. The molecule has 0 atom stereocenters. The largest absolute Gasteiger partial charge is 0.325 e. The van der Waals surface area contributed by atoms with Crippen LogP contribution in [0.2, 0.25) is 5.15 Å². The lowest BCUT2D eigenvalue weighted by molar-refractivity contribution is 0.608. The Morgan fingerprint density at radius 1 is 1.57 bits per heavy atom. The number of aryl methyl sites for hydroxylation is 1. The number of pyridine rings is 1. The van der Waals surface area contributed by atoms with Gasteiger partial charge >= 0.3 is 0 Å². The highest BCUT2D eigenvalue weighted by Gasteiger charge is 2.37. The molecule has 1 fully saturated rings. The van der Waals surface area contributed by atoms with Gasteiger partial charge in [-0.15, -0.1) is 0 Å². The van der Waals surface area contributed by atoms with Crippen LogP contribution in [0.15, 0.2) is 16.7 Å². The topological polar surface area (TPSA) is 38.9 Å². The van der Waals surface area contributed by atoms with E-state index in [-0.39, 0.29) is 5.54 Å². The average molecular weight is 276 g/mol. The summed E-state index contributed by atoms with van der Waals surface area (Å²) in [4.78, 5) is 3.99. The quantitative estimate of drug-likeness (QED) is 0.862. The summed E-state index contributed by atoms with van der Waals surface area (Å²) in [5.41, 5.74) is 7.32. The van der Waals surface area contributed by atoms with Gasteiger partial charge in [0.05, 0.1) is 0 Å². The zero-order chi connectivity index (χ0) is 10.2. The van der Waals surface area contributed by atoms with Crippen LogP contribution in [0, 0.1) is 0 Å². The van der Waals surface area contributed by atoms with Crippen molar-refractivity contribution in [1.29, 1.82) is 0 Å². The molecule has 1 aliphatic carbocycles. The first-order chi connectivity index (χ1) is 6.59. The number of nitrogens with zero attached hydrogens (tertiary/aromatic N) is 1. The van der Waals surface area contributed by atoms with Gasteiger partial charge in [-0.2, -0.15) is 0 Å². The second kappa shape index (κ2) is 3.80. The van der Waals surface area contributed by atoms with E-state index in [2.05, 4.69) is 20.9 Å². The second-order valence-corrected chi connectivity index (χ2v) is 5.20. The summed E-state index contributed by atoms with van der Waals surface area (Å²) in [6, 6.07) is 1.90. The molecule has 1 saturated carbocycles. The number of rotatable bonds is 3. The van der Waals surface area contributed by atoms with Crippen molar-refractivity contribution < 1.29 is 0 Å². The molecule has 0 saturated heterocycles. The summed E-state index contributed by atoms with van der Waals surface area (Å²) >= 11 is 9.28. The molecule has 76 valence electrons. The minimum absolute atomic E-state index is 0.106. The molecular formula is C10H12BrClN2. The second-order valence-electron chi connectivity index (χ2n) is 3.96. The molecule has 2 nitrogen and oxygen atoms in total. The van der Waals surface area contributed by atoms with Crippen molar-refractivity contribution in [2.75, 3.05) is 0 Å². The van der Waals surface area contributed by atoms with Crippen molar-refractivity contribution in [2.24, 2.45) is 5.73 Å². The highest BCUT2D eigenvalue weighted by atomic mass is 79.9. The Morgan fingerprint density at radius 2 is 2.29 bits per heavy atom. The lowest BCUT2D eigenvalue weighted by Crippen LogP contribution is -2.22. The van der Waals surface area contributed by atoms with E-state index in [9.17, 15) is 0 Å². The van der Waals surface area contributed by atoms with Crippen molar-refractivity contribution in [2.45, 2.75) is 31.2 Å². The first kappa shape index (κ1) is 10.4. The lowest BCUT2D eigenvalue weighted by atomic mass is 10.1. The van der Waals surface area contributed by atoms with E-state index >= 15 is 0 Å². The van der Waals surface area contributed by atoms with Crippen LogP contribution < -0.4 is 5.73 Å². The van der Waals surface area contributed by atoms with Crippen molar-refractivity contribution in [3.05, 3.63) is 27.5 Å². The van der Waals surface area contributed by atoms with Crippen LogP contribution in [0.3, 0.4) is 0 Å². The maximum Gasteiger partial charge on any atom is 0.129 e. The Hall–Kier alpha value is -0.120. The van der Waals surface area contributed by atoms with Gasteiger partial charge in [-0.25, -0.2) is 4.98 Å². The Bertz CT molecular complexity index is 350. The lowest BCUT2D eigenvalue weighted by Gasteiger charge is -2.09. The molecule has 2 N–H and O–H groups in total. The molecule has 0 amide bonds. The molecular weight excluding hydrogens is 263 g/mol.